The van der Waals surface area contributed by atoms with Crippen LogP contribution in [0, 0.1) is 13.8 Å². The molecule has 144 valence electrons. The molecule has 2 aromatic rings. The first kappa shape index (κ1) is 19.2. The van der Waals surface area contributed by atoms with Gasteiger partial charge in [0.05, 0.1) is 0 Å². The van der Waals surface area contributed by atoms with Gasteiger partial charge >= 0.3 is 10.1 Å². The summed E-state index contributed by atoms with van der Waals surface area (Å²) < 4.78 is 30.4. The second-order valence-corrected chi connectivity index (χ2v) is 8.31. The van der Waals surface area contributed by atoms with E-state index in [2.05, 4.69) is 4.90 Å². The zero-order valence-corrected chi connectivity index (χ0v) is 16.6. The number of hydrogen-bond donors (Lipinski definition) is 0. The largest absolute Gasteiger partial charge is 0.379 e. The lowest BCUT2D eigenvalue weighted by atomic mass is 10.2. The summed E-state index contributed by atoms with van der Waals surface area (Å²) in [5.41, 5.74) is 2.64. The van der Waals surface area contributed by atoms with E-state index in [1.807, 2.05) is 30.0 Å². The van der Waals surface area contributed by atoms with E-state index in [0.29, 0.717) is 18.7 Å². The molecular weight excluding hydrogens is 364 g/mol. The van der Waals surface area contributed by atoms with Gasteiger partial charge in [0, 0.05) is 38.8 Å². The molecule has 1 heterocycles. The molecule has 1 aliphatic heterocycles. The van der Waals surface area contributed by atoms with Crippen LogP contribution in [0.5, 0.6) is 5.75 Å². The van der Waals surface area contributed by atoms with Crippen molar-refractivity contribution in [2.75, 3.05) is 31.1 Å². The van der Waals surface area contributed by atoms with Crippen molar-refractivity contribution in [3.63, 3.8) is 0 Å². The molecule has 0 atom stereocenters. The molecule has 1 amide bonds. The van der Waals surface area contributed by atoms with Gasteiger partial charge < -0.3 is 14.0 Å². The van der Waals surface area contributed by atoms with E-state index in [4.69, 9.17) is 4.18 Å². The number of carbonyl (C=O) groups is 1. The maximum absolute atomic E-state index is 12.6. The number of piperazine rings is 1. The van der Waals surface area contributed by atoms with Crippen molar-refractivity contribution in [3.05, 3.63) is 53.6 Å². The van der Waals surface area contributed by atoms with Crippen LogP contribution in [0.1, 0.15) is 18.1 Å². The lowest BCUT2D eigenvalue weighted by Crippen LogP contribution is -2.48. The van der Waals surface area contributed by atoms with Crippen molar-refractivity contribution in [1.29, 1.82) is 0 Å². The summed E-state index contributed by atoms with van der Waals surface area (Å²) in [4.78, 5) is 15.6. The van der Waals surface area contributed by atoms with Crippen LogP contribution in [-0.2, 0) is 14.9 Å². The predicted octanol–water partition coefficient (Wildman–Crippen LogP) is 2.74. The Labute approximate surface area is 160 Å². The third-order valence-corrected chi connectivity index (χ3v) is 6.14. The maximum atomic E-state index is 12.6. The van der Waals surface area contributed by atoms with E-state index in [0.717, 1.165) is 24.3 Å². The van der Waals surface area contributed by atoms with Gasteiger partial charge in [-0.25, -0.2) is 0 Å². The van der Waals surface area contributed by atoms with Crippen LogP contribution in [0.15, 0.2) is 47.4 Å². The van der Waals surface area contributed by atoms with Crippen LogP contribution in [0.2, 0.25) is 0 Å². The molecule has 0 radical (unpaired) electrons. The fourth-order valence-electron chi connectivity index (χ4n) is 3.24. The van der Waals surface area contributed by atoms with Gasteiger partial charge in [0.1, 0.15) is 10.6 Å². The monoisotopic (exact) mass is 388 g/mol. The van der Waals surface area contributed by atoms with Crippen molar-refractivity contribution in [2.24, 2.45) is 0 Å². The van der Waals surface area contributed by atoms with Gasteiger partial charge in [0.15, 0.2) is 0 Å². The highest BCUT2D eigenvalue weighted by Gasteiger charge is 2.21. The minimum atomic E-state index is -3.87. The van der Waals surface area contributed by atoms with Gasteiger partial charge in [-0.2, -0.15) is 8.42 Å². The Hall–Kier alpha value is -2.54. The molecule has 0 aromatic heterocycles. The zero-order valence-electron chi connectivity index (χ0n) is 15.8. The van der Waals surface area contributed by atoms with E-state index in [-0.39, 0.29) is 16.6 Å². The summed E-state index contributed by atoms with van der Waals surface area (Å²) in [6.45, 7) is 8.13. The molecule has 6 nitrogen and oxygen atoms in total. The van der Waals surface area contributed by atoms with Crippen molar-refractivity contribution in [2.45, 2.75) is 25.7 Å². The first-order valence-corrected chi connectivity index (χ1v) is 10.3. The molecule has 1 saturated heterocycles. The number of carbonyl (C=O) groups excluding carboxylic acids is 1. The lowest BCUT2D eigenvalue weighted by Gasteiger charge is -2.35. The van der Waals surface area contributed by atoms with Gasteiger partial charge in [0.25, 0.3) is 0 Å². The Morgan fingerprint density at radius 3 is 2.15 bits per heavy atom. The molecular formula is C20H24N2O4S. The van der Waals surface area contributed by atoms with E-state index < -0.39 is 10.1 Å². The molecule has 0 unspecified atom stereocenters. The number of amides is 1. The van der Waals surface area contributed by atoms with Crippen LogP contribution in [-0.4, -0.2) is 45.4 Å². The quantitative estimate of drug-likeness (QED) is 0.754. The highest BCUT2D eigenvalue weighted by atomic mass is 32.2. The molecule has 0 bridgehead atoms. The minimum Gasteiger partial charge on any atom is -0.379 e. The molecule has 0 spiro atoms. The summed E-state index contributed by atoms with van der Waals surface area (Å²) in [6, 6.07) is 12.2. The first-order valence-electron chi connectivity index (χ1n) is 8.88. The average Bonchev–Trinajstić information content (AvgIpc) is 2.62. The van der Waals surface area contributed by atoms with Crippen molar-refractivity contribution >= 4 is 21.7 Å². The zero-order chi connectivity index (χ0) is 19.6. The third-order valence-electron chi connectivity index (χ3n) is 4.73. The second-order valence-electron chi connectivity index (χ2n) is 6.79. The van der Waals surface area contributed by atoms with Gasteiger partial charge in [-0.05, 0) is 49.7 Å². The molecule has 7 heteroatoms. The summed E-state index contributed by atoms with van der Waals surface area (Å²) in [7, 11) is -3.87. The number of anilines is 1. The van der Waals surface area contributed by atoms with Crippen molar-refractivity contribution in [1.82, 2.24) is 4.90 Å². The maximum Gasteiger partial charge on any atom is 0.339 e. The van der Waals surface area contributed by atoms with Crippen molar-refractivity contribution < 1.29 is 17.4 Å². The smallest absolute Gasteiger partial charge is 0.339 e. The van der Waals surface area contributed by atoms with E-state index >= 15 is 0 Å². The van der Waals surface area contributed by atoms with Gasteiger partial charge in [-0.3, -0.25) is 4.79 Å². The van der Waals surface area contributed by atoms with E-state index in [1.54, 1.807) is 38.1 Å². The first-order chi connectivity index (χ1) is 12.8. The fraction of sp³-hybridized carbons (Fsp3) is 0.350. The standard InChI is InChI=1S/C20H24N2O4S/c1-15-4-9-20(16(2)14-15)27(24,25)26-19-7-5-18(6-8-19)22-12-10-21(11-13-22)17(3)23/h4-9,14H,10-13H2,1-3H3. The van der Waals surface area contributed by atoms with Crippen LogP contribution < -0.4 is 9.08 Å². The predicted molar refractivity (Wildman–Crippen MR) is 105 cm³/mol. The Morgan fingerprint density at radius 1 is 0.963 bits per heavy atom. The van der Waals surface area contributed by atoms with Gasteiger partial charge in [-0.1, -0.05) is 17.7 Å². The fourth-order valence-corrected chi connectivity index (χ4v) is 4.39. The van der Waals surface area contributed by atoms with Crippen LogP contribution in [0.25, 0.3) is 0 Å². The summed E-state index contributed by atoms with van der Waals surface area (Å²) in [5.74, 6) is 0.371. The minimum absolute atomic E-state index is 0.0926. The topological polar surface area (TPSA) is 66.9 Å². The SMILES string of the molecule is CC(=O)N1CCN(c2ccc(OS(=O)(=O)c3ccc(C)cc3C)cc2)CC1. The number of hydrogen-bond acceptors (Lipinski definition) is 5. The number of nitrogens with zero attached hydrogens (tertiary/aromatic N) is 2. The number of benzene rings is 2. The molecule has 1 fully saturated rings. The summed E-state index contributed by atoms with van der Waals surface area (Å²) in [5, 5.41) is 0. The summed E-state index contributed by atoms with van der Waals surface area (Å²) >= 11 is 0. The average molecular weight is 388 g/mol. The van der Waals surface area contributed by atoms with E-state index in [1.165, 1.54) is 0 Å². The molecule has 2 aromatic carbocycles. The lowest BCUT2D eigenvalue weighted by molar-refractivity contribution is -0.129. The third kappa shape index (κ3) is 4.42. The molecule has 0 aliphatic carbocycles. The molecule has 1 aliphatic rings. The molecule has 3 rings (SSSR count). The van der Waals surface area contributed by atoms with Gasteiger partial charge in [-0.15, -0.1) is 0 Å². The van der Waals surface area contributed by atoms with Crippen LogP contribution in [0.3, 0.4) is 0 Å². The highest BCUT2D eigenvalue weighted by Crippen LogP contribution is 2.25. The molecule has 0 N–H and O–H groups in total. The molecule has 27 heavy (non-hydrogen) atoms. The Balaban J connectivity index is 1.70. The van der Waals surface area contributed by atoms with Gasteiger partial charge in [0.2, 0.25) is 5.91 Å². The molecule has 0 saturated carbocycles. The normalized spacial score (nSPS) is 14.9. The second kappa shape index (κ2) is 7.60. The highest BCUT2D eigenvalue weighted by molar-refractivity contribution is 7.87. The van der Waals surface area contributed by atoms with Crippen LogP contribution >= 0.6 is 0 Å². The van der Waals surface area contributed by atoms with Crippen LogP contribution in [0.4, 0.5) is 5.69 Å². The summed E-state index contributed by atoms with van der Waals surface area (Å²) in [6.07, 6.45) is 0. The Kier molecular flexibility index (Phi) is 5.41. The number of rotatable bonds is 4. The number of aryl methyl sites for hydroxylation is 2. The Morgan fingerprint density at radius 2 is 1.59 bits per heavy atom. The van der Waals surface area contributed by atoms with Crippen molar-refractivity contribution in [3.8, 4) is 5.75 Å². The van der Waals surface area contributed by atoms with E-state index in [9.17, 15) is 13.2 Å². The Bertz CT molecular complexity index is 931.